The van der Waals surface area contributed by atoms with Crippen molar-refractivity contribution in [3.05, 3.63) is 0 Å². The molecule has 0 bridgehead atoms. The summed E-state index contributed by atoms with van der Waals surface area (Å²) in [5, 5.41) is 3.53. The van der Waals surface area contributed by atoms with Crippen LogP contribution in [0.25, 0.3) is 0 Å². The molecule has 2 fully saturated rings. The first-order chi connectivity index (χ1) is 6.26. The van der Waals surface area contributed by atoms with E-state index in [9.17, 15) is 0 Å². The van der Waals surface area contributed by atoms with Crippen LogP contribution in [0, 0.1) is 11.3 Å². The predicted molar refractivity (Wildman–Crippen MR) is 56.8 cm³/mol. The molecule has 1 heteroatoms. The third kappa shape index (κ3) is 1.63. The maximum Gasteiger partial charge on any atom is 0.00975 e. The van der Waals surface area contributed by atoms with E-state index >= 15 is 0 Å². The van der Waals surface area contributed by atoms with Crippen molar-refractivity contribution in [2.45, 2.75) is 57.9 Å². The normalized spacial score (nSPS) is 38.3. The van der Waals surface area contributed by atoms with E-state index in [1.54, 1.807) is 0 Å². The molecular formula is C12H23N. The van der Waals surface area contributed by atoms with Crippen molar-refractivity contribution in [1.82, 2.24) is 5.32 Å². The summed E-state index contributed by atoms with van der Waals surface area (Å²) in [4.78, 5) is 0. The van der Waals surface area contributed by atoms with Gasteiger partial charge in [0.1, 0.15) is 0 Å². The summed E-state index contributed by atoms with van der Waals surface area (Å²) in [5.74, 6) is 0.972. The fraction of sp³-hybridized carbons (Fsp3) is 1.00. The molecule has 0 radical (unpaired) electrons. The topological polar surface area (TPSA) is 12.0 Å². The van der Waals surface area contributed by atoms with E-state index in [1.165, 1.54) is 44.9 Å². The Morgan fingerprint density at radius 3 is 2.31 bits per heavy atom. The van der Waals surface area contributed by atoms with E-state index < -0.39 is 0 Å². The van der Waals surface area contributed by atoms with Crippen molar-refractivity contribution in [3.63, 3.8) is 0 Å². The Morgan fingerprint density at radius 2 is 1.77 bits per heavy atom. The molecular weight excluding hydrogens is 158 g/mol. The second-order valence-electron chi connectivity index (χ2n) is 5.29. The molecule has 2 aliphatic rings. The second kappa shape index (κ2) is 3.61. The van der Waals surface area contributed by atoms with Gasteiger partial charge in [0.25, 0.3) is 0 Å². The van der Waals surface area contributed by atoms with Crippen LogP contribution in [-0.2, 0) is 0 Å². The number of rotatable bonds is 2. The molecule has 0 spiro atoms. The summed E-state index contributed by atoms with van der Waals surface area (Å²) in [7, 11) is 2.14. The number of nitrogens with one attached hydrogen (secondary N) is 1. The SMILES string of the molecule is CNC1CCCCC1C1(C)CCC1. The number of hydrogen-bond acceptors (Lipinski definition) is 1. The maximum atomic E-state index is 3.53. The highest BCUT2D eigenvalue weighted by molar-refractivity contribution is 4.96. The first-order valence-electron chi connectivity index (χ1n) is 5.93. The van der Waals surface area contributed by atoms with Gasteiger partial charge in [-0.2, -0.15) is 0 Å². The molecule has 0 aromatic rings. The van der Waals surface area contributed by atoms with Crippen molar-refractivity contribution in [2.24, 2.45) is 11.3 Å². The Morgan fingerprint density at radius 1 is 1.08 bits per heavy atom. The highest BCUT2D eigenvalue weighted by Crippen LogP contribution is 2.51. The van der Waals surface area contributed by atoms with Crippen LogP contribution >= 0.6 is 0 Å². The van der Waals surface area contributed by atoms with Gasteiger partial charge >= 0.3 is 0 Å². The summed E-state index contributed by atoms with van der Waals surface area (Å²) in [5.41, 5.74) is 0.702. The van der Waals surface area contributed by atoms with Crippen molar-refractivity contribution in [3.8, 4) is 0 Å². The Hall–Kier alpha value is -0.0400. The predicted octanol–water partition coefficient (Wildman–Crippen LogP) is 2.95. The molecule has 1 nitrogen and oxygen atoms in total. The largest absolute Gasteiger partial charge is 0.317 e. The van der Waals surface area contributed by atoms with Crippen LogP contribution in [0.5, 0.6) is 0 Å². The van der Waals surface area contributed by atoms with Crippen molar-refractivity contribution in [2.75, 3.05) is 7.05 Å². The van der Waals surface area contributed by atoms with Gasteiger partial charge in [-0.25, -0.2) is 0 Å². The van der Waals surface area contributed by atoms with Gasteiger partial charge in [-0.15, -0.1) is 0 Å². The summed E-state index contributed by atoms with van der Waals surface area (Å²) < 4.78 is 0. The minimum atomic E-state index is 0.702. The van der Waals surface area contributed by atoms with E-state index in [-0.39, 0.29) is 0 Å². The molecule has 1 N–H and O–H groups in total. The molecule has 2 rings (SSSR count). The smallest absolute Gasteiger partial charge is 0.00975 e. The third-order valence-electron chi connectivity index (χ3n) is 4.53. The van der Waals surface area contributed by atoms with Gasteiger partial charge in [0.15, 0.2) is 0 Å². The van der Waals surface area contributed by atoms with Crippen LogP contribution < -0.4 is 5.32 Å². The molecule has 0 saturated heterocycles. The quantitative estimate of drug-likeness (QED) is 0.690. The zero-order chi connectivity index (χ0) is 9.31. The molecule has 13 heavy (non-hydrogen) atoms. The second-order valence-corrected chi connectivity index (χ2v) is 5.29. The molecule has 76 valence electrons. The Balaban J connectivity index is 2.01. The Bertz CT molecular complexity index is 172. The van der Waals surface area contributed by atoms with E-state index in [0.717, 1.165) is 12.0 Å². The third-order valence-corrected chi connectivity index (χ3v) is 4.53. The fourth-order valence-electron chi connectivity index (χ4n) is 3.42. The minimum Gasteiger partial charge on any atom is -0.317 e. The molecule has 0 amide bonds. The van der Waals surface area contributed by atoms with E-state index in [1.807, 2.05) is 0 Å². The molecule has 2 atom stereocenters. The summed E-state index contributed by atoms with van der Waals surface area (Å²) in [6.45, 7) is 2.51. The maximum absolute atomic E-state index is 3.53. The molecule has 2 saturated carbocycles. The lowest BCUT2D eigenvalue weighted by molar-refractivity contribution is 0.0250. The van der Waals surface area contributed by atoms with Crippen LogP contribution in [0.4, 0.5) is 0 Å². The molecule has 0 aliphatic heterocycles. The highest BCUT2D eigenvalue weighted by atomic mass is 14.9. The van der Waals surface area contributed by atoms with Gasteiger partial charge in [0.05, 0.1) is 0 Å². The van der Waals surface area contributed by atoms with Crippen LogP contribution in [-0.4, -0.2) is 13.1 Å². The number of hydrogen-bond donors (Lipinski definition) is 1. The summed E-state index contributed by atoms with van der Waals surface area (Å²) >= 11 is 0. The van der Waals surface area contributed by atoms with Crippen molar-refractivity contribution in [1.29, 1.82) is 0 Å². The van der Waals surface area contributed by atoms with Crippen LogP contribution in [0.15, 0.2) is 0 Å². The molecule has 0 aromatic carbocycles. The van der Waals surface area contributed by atoms with Gasteiger partial charge in [-0.3, -0.25) is 0 Å². The van der Waals surface area contributed by atoms with Crippen LogP contribution in [0.3, 0.4) is 0 Å². The van der Waals surface area contributed by atoms with Crippen molar-refractivity contribution >= 4 is 0 Å². The summed E-state index contributed by atoms with van der Waals surface area (Å²) in [6, 6.07) is 0.819. The van der Waals surface area contributed by atoms with E-state index in [2.05, 4.69) is 19.3 Å². The van der Waals surface area contributed by atoms with E-state index in [4.69, 9.17) is 0 Å². The zero-order valence-electron chi connectivity index (χ0n) is 9.10. The monoisotopic (exact) mass is 181 g/mol. The average molecular weight is 181 g/mol. The first-order valence-corrected chi connectivity index (χ1v) is 5.93. The fourth-order valence-corrected chi connectivity index (χ4v) is 3.42. The van der Waals surface area contributed by atoms with E-state index in [0.29, 0.717) is 5.41 Å². The van der Waals surface area contributed by atoms with Gasteiger partial charge < -0.3 is 5.32 Å². The van der Waals surface area contributed by atoms with Crippen LogP contribution in [0.1, 0.15) is 51.9 Å². The lowest BCUT2D eigenvalue weighted by Crippen LogP contribution is -2.47. The Kier molecular flexibility index (Phi) is 2.64. The van der Waals surface area contributed by atoms with Crippen molar-refractivity contribution < 1.29 is 0 Å². The minimum absolute atomic E-state index is 0.702. The van der Waals surface area contributed by atoms with Gasteiger partial charge in [0.2, 0.25) is 0 Å². The lowest BCUT2D eigenvalue weighted by Gasteiger charge is -2.50. The summed E-state index contributed by atoms with van der Waals surface area (Å²) in [6.07, 6.45) is 10.2. The zero-order valence-corrected chi connectivity index (χ0v) is 9.10. The van der Waals surface area contributed by atoms with Crippen LogP contribution in [0.2, 0.25) is 0 Å². The molecule has 2 aliphatic carbocycles. The van der Waals surface area contributed by atoms with Gasteiger partial charge in [0, 0.05) is 6.04 Å². The molecule has 2 unspecified atom stereocenters. The molecule has 0 heterocycles. The molecule has 0 aromatic heterocycles. The van der Waals surface area contributed by atoms with Gasteiger partial charge in [-0.05, 0) is 44.1 Å². The van der Waals surface area contributed by atoms with Gasteiger partial charge in [-0.1, -0.05) is 26.2 Å². The lowest BCUT2D eigenvalue weighted by atomic mass is 9.57. The average Bonchev–Trinajstić information content (AvgIpc) is 2.14. The standard InChI is InChI=1S/C12H23N/c1-12(8-5-9-12)10-6-3-4-7-11(10)13-2/h10-11,13H,3-9H2,1-2H3. The first kappa shape index (κ1) is 9.51. The Labute approximate surface area is 82.3 Å². The highest BCUT2D eigenvalue weighted by Gasteiger charge is 2.43.